The molecular formula is C82H57BN2S. The molecule has 13 aromatic carbocycles. The van der Waals surface area contributed by atoms with Crippen LogP contribution in [0, 0.1) is 0 Å². The Bertz CT molecular complexity index is 5090. The molecule has 404 valence electrons. The number of aromatic nitrogens is 1. The first-order chi connectivity index (χ1) is 42.3. The Morgan fingerprint density at radius 1 is 0.314 bits per heavy atom. The lowest BCUT2D eigenvalue weighted by atomic mass is 9.33. The van der Waals surface area contributed by atoms with E-state index in [1.165, 1.54) is 137 Å². The molecule has 0 fully saturated rings. The first kappa shape index (κ1) is 50.3. The molecule has 2 nitrogen and oxygen atoms in total. The molecule has 0 atom stereocenters. The molecule has 4 heterocycles. The van der Waals surface area contributed by atoms with Crippen LogP contribution >= 0.6 is 11.3 Å². The van der Waals surface area contributed by atoms with E-state index in [9.17, 15) is 0 Å². The smallest absolute Gasteiger partial charge is 0.252 e. The molecule has 0 saturated heterocycles. The zero-order valence-corrected chi connectivity index (χ0v) is 48.9. The van der Waals surface area contributed by atoms with E-state index in [-0.39, 0.29) is 12.1 Å². The minimum absolute atomic E-state index is 0.121. The summed E-state index contributed by atoms with van der Waals surface area (Å²) in [7, 11) is 0. The van der Waals surface area contributed by atoms with E-state index in [1.807, 2.05) is 11.3 Å². The van der Waals surface area contributed by atoms with Crippen molar-refractivity contribution in [3.8, 4) is 83.6 Å². The van der Waals surface area contributed by atoms with Crippen LogP contribution in [0.5, 0.6) is 0 Å². The SMILES string of the molecule is CC(C)(C)c1cc2c3c(c1)-n1c4ccc(-c5ccccc5)cc4c4cc(-c5ccccc5)cc(c41)B3c1cc3sc4ccc(-c5ccccc5)cc4c3cc1N2c1c(-c2cccc(-c3ccccc3)c2)cccc1-c1cccc(-c2ccccc2)c1. The summed E-state index contributed by atoms with van der Waals surface area (Å²) < 4.78 is 5.22. The third-order valence-corrected chi connectivity index (χ3v) is 19.4. The molecule has 0 N–H and O–H groups in total. The Morgan fingerprint density at radius 2 is 0.767 bits per heavy atom. The molecule has 86 heavy (non-hydrogen) atoms. The Hall–Kier alpha value is -10.3. The van der Waals surface area contributed by atoms with Gasteiger partial charge in [0.15, 0.2) is 0 Å². The third-order valence-electron chi connectivity index (χ3n) is 18.3. The maximum absolute atomic E-state index is 2.72. The number of para-hydroxylation sites is 1. The number of fused-ring (bicyclic) bond motifs is 10. The van der Waals surface area contributed by atoms with Crippen LogP contribution < -0.4 is 21.3 Å². The molecule has 15 aromatic rings. The quantitative estimate of drug-likeness (QED) is 0.138. The van der Waals surface area contributed by atoms with Crippen LogP contribution in [0.2, 0.25) is 0 Å². The summed E-state index contributed by atoms with van der Waals surface area (Å²) in [6.45, 7) is 7.03. The molecule has 2 aliphatic rings. The Kier molecular flexibility index (Phi) is 11.5. The Balaban J connectivity index is 1.03. The van der Waals surface area contributed by atoms with Crippen molar-refractivity contribution in [2.75, 3.05) is 4.90 Å². The van der Waals surface area contributed by atoms with Crippen LogP contribution in [0.25, 0.3) is 126 Å². The molecule has 0 bridgehead atoms. The fraction of sp³-hybridized carbons (Fsp3) is 0.0488. The number of benzene rings is 13. The van der Waals surface area contributed by atoms with Crippen molar-refractivity contribution in [1.82, 2.24) is 4.57 Å². The van der Waals surface area contributed by atoms with Gasteiger partial charge in [-0.2, -0.15) is 0 Å². The Labute approximate surface area is 506 Å². The van der Waals surface area contributed by atoms with Gasteiger partial charge >= 0.3 is 0 Å². The fourth-order valence-electron chi connectivity index (χ4n) is 14.1. The molecular weight excluding hydrogens is 1060 g/mol. The van der Waals surface area contributed by atoms with Crippen molar-refractivity contribution in [3.63, 3.8) is 0 Å². The van der Waals surface area contributed by atoms with E-state index in [2.05, 4.69) is 321 Å². The highest BCUT2D eigenvalue weighted by Crippen LogP contribution is 2.52. The molecule has 0 aliphatic carbocycles. The molecule has 0 unspecified atom stereocenters. The molecule has 0 amide bonds. The van der Waals surface area contributed by atoms with Gasteiger partial charge in [-0.15, -0.1) is 11.3 Å². The summed E-state index contributed by atoms with van der Waals surface area (Å²) in [6.07, 6.45) is 0. The topological polar surface area (TPSA) is 8.17 Å². The highest BCUT2D eigenvalue weighted by molar-refractivity contribution is 7.26. The number of hydrogen-bond donors (Lipinski definition) is 0. The van der Waals surface area contributed by atoms with Gasteiger partial charge in [0.1, 0.15) is 0 Å². The molecule has 2 aromatic heterocycles. The maximum Gasteiger partial charge on any atom is 0.252 e. The second-order valence-corrected chi connectivity index (χ2v) is 25.5. The first-order valence-electron chi connectivity index (χ1n) is 30.0. The van der Waals surface area contributed by atoms with Crippen molar-refractivity contribution < 1.29 is 0 Å². The molecule has 0 saturated carbocycles. The summed E-state index contributed by atoms with van der Waals surface area (Å²) in [5.74, 6) is 0. The minimum Gasteiger partial charge on any atom is -0.310 e. The number of thiophene rings is 1. The molecule has 17 rings (SSSR count). The average molecular weight is 1110 g/mol. The van der Waals surface area contributed by atoms with Gasteiger partial charge < -0.3 is 9.47 Å². The van der Waals surface area contributed by atoms with Crippen molar-refractivity contribution in [2.45, 2.75) is 26.2 Å². The van der Waals surface area contributed by atoms with Gasteiger partial charge in [-0.05, 0) is 161 Å². The van der Waals surface area contributed by atoms with Gasteiger partial charge in [0.25, 0.3) is 6.71 Å². The summed E-state index contributed by atoms with van der Waals surface area (Å²) in [4.78, 5) is 2.72. The van der Waals surface area contributed by atoms with Gasteiger partial charge in [-0.25, -0.2) is 0 Å². The van der Waals surface area contributed by atoms with E-state index >= 15 is 0 Å². The molecule has 0 radical (unpaired) electrons. The van der Waals surface area contributed by atoms with E-state index < -0.39 is 0 Å². The van der Waals surface area contributed by atoms with E-state index in [1.54, 1.807) is 0 Å². The monoisotopic (exact) mass is 1110 g/mol. The van der Waals surface area contributed by atoms with Crippen molar-refractivity contribution in [1.29, 1.82) is 0 Å². The number of hydrogen-bond acceptors (Lipinski definition) is 2. The van der Waals surface area contributed by atoms with Gasteiger partial charge in [-0.3, -0.25) is 0 Å². The fourth-order valence-corrected chi connectivity index (χ4v) is 15.3. The van der Waals surface area contributed by atoms with Crippen molar-refractivity contribution in [2.24, 2.45) is 0 Å². The van der Waals surface area contributed by atoms with Gasteiger partial charge in [-0.1, -0.05) is 245 Å². The predicted octanol–water partition coefficient (Wildman–Crippen LogP) is 20.7. The molecule has 2 aliphatic heterocycles. The summed E-state index contributed by atoms with van der Waals surface area (Å²) in [5.41, 5.74) is 29.0. The lowest BCUT2D eigenvalue weighted by molar-refractivity contribution is 0.590. The molecule has 0 spiro atoms. The van der Waals surface area contributed by atoms with Crippen LogP contribution in [-0.2, 0) is 5.41 Å². The van der Waals surface area contributed by atoms with Gasteiger partial charge in [0, 0.05) is 64.7 Å². The highest BCUT2D eigenvalue weighted by atomic mass is 32.1. The predicted molar refractivity (Wildman–Crippen MR) is 370 cm³/mol. The summed E-state index contributed by atoms with van der Waals surface area (Å²) >= 11 is 1.91. The van der Waals surface area contributed by atoms with E-state index in [0.717, 1.165) is 27.9 Å². The minimum atomic E-state index is -0.218. The zero-order chi connectivity index (χ0) is 57.2. The average Bonchev–Trinajstić information content (AvgIpc) is 1.37. The standard InChI is InChI=1S/C82H57BN2S/c1-82(2,3)64-48-75-79-76(49-64)85(80-65(61-34-19-32-57(42-61)52-22-9-4-10-23-52)36-21-37-66(80)62-35-20-33-58(43-62)53-24-11-5-12-25-53)74-50-69-68-45-60(55-28-15-7-16-29-55)39-41-77(68)86-78(69)51-71(74)83(79)72-47-63(56-30-17-8-18-31-56)46-70-67-44-59(54-26-13-6-14-27-54)38-40-73(67)84(75)81(70)72/h4-51H,1-3H3. The Morgan fingerprint density at radius 3 is 1.33 bits per heavy atom. The van der Waals surface area contributed by atoms with Crippen LogP contribution in [-0.4, -0.2) is 11.3 Å². The van der Waals surface area contributed by atoms with Gasteiger partial charge in [0.2, 0.25) is 0 Å². The zero-order valence-electron chi connectivity index (χ0n) is 48.1. The maximum atomic E-state index is 2.72. The van der Waals surface area contributed by atoms with Crippen LogP contribution in [0.15, 0.2) is 291 Å². The van der Waals surface area contributed by atoms with Crippen molar-refractivity contribution >= 4 is 93.5 Å². The second kappa shape index (κ2) is 19.7. The normalized spacial score (nSPS) is 12.5. The molecule has 4 heteroatoms. The number of anilines is 3. The number of nitrogens with zero attached hydrogens (tertiary/aromatic N) is 2. The lowest BCUT2D eigenvalue weighted by Gasteiger charge is -2.43. The second-order valence-electron chi connectivity index (χ2n) is 24.4. The van der Waals surface area contributed by atoms with E-state index in [4.69, 9.17) is 0 Å². The first-order valence-corrected chi connectivity index (χ1v) is 30.8. The van der Waals surface area contributed by atoms with Crippen LogP contribution in [0.3, 0.4) is 0 Å². The van der Waals surface area contributed by atoms with Crippen molar-refractivity contribution in [3.05, 3.63) is 297 Å². The number of rotatable bonds is 8. The largest absolute Gasteiger partial charge is 0.310 e. The summed E-state index contributed by atoms with van der Waals surface area (Å²) in [6, 6.07) is 110. The van der Waals surface area contributed by atoms with E-state index in [0.29, 0.717) is 0 Å². The summed E-state index contributed by atoms with van der Waals surface area (Å²) in [5, 5.41) is 5.06. The third kappa shape index (κ3) is 8.08. The van der Waals surface area contributed by atoms with Crippen LogP contribution in [0.1, 0.15) is 26.3 Å². The van der Waals surface area contributed by atoms with Gasteiger partial charge in [0.05, 0.1) is 11.2 Å². The highest BCUT2D eigenvalue weighted by Gasteiger charge is 2.44. The van der Waals surface area contributed by atoms with Crippen LogP contribution in [0.4, 0.5) is 17.1 Å². The lowest BCUT2D eigenvalue weighted by Crippen LogP contribution is -2.60.